The second kappa shape index (κ2) is 5.37. The molecule has 4 rings (SSSR count). The number of para-hydroxylation sites is 2. The van der Waals surface area contributed by atoms with Gasteiger partial charge in [-0.3, -0.25) is 9.59 Å². The van der Waals surface area contributed by atoms with Crippen LogP contribution in [0, 0.1) is 0 Å². The van der Waals surface area contributed by atoms with Crippen LogP contribution >= 0.6 is 0 Å². The second-order valence-corrected chi connectivity index (χ2v) is 6.44. The van der Waals surface area contributed by atoms with E-state index in [2.05, 4.69) is 6.07 Å². The van der Waals surface area contributed by atoms with Crippen molar-refractivity contribution in [2.24, 2.45) is 5.73 Å². The quantitative estimate of drug-likeness (QED) is 0.938. The first-order valence-corrected chi connectivity index (χ1v) is 8.02. The first kappa shape index (κ1) is 14.8. The molecule has 0 atom stereocenters. The maximum Gasteiger partial charge on any atom is 0.262 e. The van der Waals surface area contributed by atoms with Crippen LogP contribution in [0.5, 0.6) is 5.75 Å². The third kappa shape index (κ3) is 2.33. The molecular formula is C19H18N2O3. The van der Waals surface area contributed by atoms with E-state index < -0.39 is 5.91 Å². The van der Waals surface area contributed by atoms with Crippen molar-refractivity contribution < 1.29 is 14.3 Å². The van der Waals surface area contributed by atoms with Crippen LogP contribution in [0.1, 0.15) is 28.8 Å². The molecule has 5 nitrogen and oxygen atoms in total. The maximum atomic E-state index is 13.1. The summed E-state index contributed by atoms with van der Waals surface area (Å²) in [4.78, 5) is 25.9. The molecule has 5 heteroatoms. The highest BCUT2D eigenvalue weighted by molar-refractivity contribution is 6.09. The lowest BCUT2D eigenvalue weighted by molar-refractivity contribution is -0.119. The summed E-state index contributed by atoms with van der Waals surface area (Å²) >= 11 is 0. The Labute approximate surface area is 140 Å². The molecular weight excluding hydrogens is 304 g/mol. The standard InChI is InChI=1S/C19H18N2O3/c20-17(22)11-24-16-8-4-1-5-13(16)18(23)21-12-19(9-10-19)14-6-2-3-7-15(14)21/h1-8H,9-12H2,(H2,20,22). The molecule has 1 saturated carbocycles. The summed E-state index contributed by atoms with van der Waals surface area (Å²) in [5.41, 5.74) is 7.96. The number of benzene rings is 2. The summed E-state index contributed by atoms with van der Waals surface area (Å²) in [5.74, 6) is -0.289. The van der Waals surface area contributed by atoms with Crippen LogP contribution in [-0.2, 0) is 10.2 Å². The highest BCUT2D eigenvalue weighted by Gasteiger charge is 2.52. The van der Waals surface area contributed by atoms with E-state index in [1.165, 1.54) is 5.56 Å². The van der Waals surface area contributed by atoms with Gasteiger partial charge in [-0.2, -0.15) is 0 Å². The van der Waals surface area contributed by atoms with E-state index in [1.54, 1.807) is 24.3 Å². The Balaban J connectivity index is 1.67. The van der Waals surface area contributed by atoms with Gasteiger partial charge in [-0.25, -0.2) is 0 Å². The number of carbonyl (C=O) groups excluding carboxylic acids is 2. The number of nitrogens with two attached hydrogens (primary N) is 1. The number of ether oxygens (including phenoxy) is 1. The fourth-order valence-electron chi connectivity index (χ4n) is 3.45. The Kier molecular flexibility index (Phi) is 3.30. The second-order valence-electron chi connectivity index (χ2n) is 6.44. The van der Waals surface area contributed by atoms with Gasteiger partial charge in [0.15, 0.2) is 6.61 Å². The number of fused-ring (bicyclic) bond motifs is 2. The molecule has 0 unspecified atom stereocenters. The molecule has 2 aromatic rings. The lowest BCUT2D eigenvalue weighted by Gasteiger charge is -2.19. The van der Waals surface area contributed by atoms with Gasteiger partial charge in [0.05, 0.1) is 5.56 Å². The normalized spacial score (nSPS) is 16.8. The number of amides is 2. The van der Waals surface area contributed by atoms with Crippen molar-refractivity contribution in [2.45, 2.75) is 18.3 Å². The summed E-state index contributed by atoms with van der Waals surface area (Å²) < 4.78 is 5.41. The average Bonchev–Trinajstić information content (AvgIpc) is 3.30. The zero-order chi connectivity index (χ0) is 16.7. The third-order valence-electron chi connectivity index (χ3n) is 4.81. The molecule has 0 radical (unpaired) electrons. The highest BCUT2D eigenvalue weighted by atomic mass is 16.5. The largest absolute Gasteiger partial charge is 0.483 e. The predicted molar refractivity (Wildman–Crippen MR) is 90.2 cm³/mol. The Hall–Kier alpha value is -2.82. The molecule has 1 aliphatic carbocycles. The molecule has 2 aromatic carbocycles. The minimum Gasteiger partial charge on any atom is -0.483 e. The van der Waals surface area contributed by atoms with Crippen molar-refractivity contribution in [3.8, 4) is 5.75 Å². The fourth-order valence-corrected chi connectivity index (χ4v) is 3.45. The number of anilines is 1. The molecule has 1 aliphatic heterocycles. The van der Waals surface area contributed by atoms with Crippen LogP contribution in [0.4, 0.5) is 5.69 Å². The van der Waals surface area contributed by atoms with E-state index in [-0.39, 0.29) is 17.9 Å². The van der Waals surface area contributed by atoms with E-state index in [0.29, 0.717) is 17.9 Å². The number of carbonyl (C=O) groups is 2. The van der Waals surface area contributed by atoms with Gasteiger partial charge in [0, 0.05) is 17.6 Å². The lowest BCUT2D eigenvalue weighted by Crippen LogP contribution is -2.32. The molecule has 0 saturated heterocycles. The molecule has 1 heterocycles. The molecule has 1 spiro atoms. The molecule has 2 aliphatic rings. The molecule has 0 bridgehead atoms. The van der Waals surface area contributed by atoms with Gasteiger partial charge in [0.25, 0.3) is 11.8 Å². The van der Waals surface area contributed by atoms with Crippen molar-refractivity contribution in [3.63, 3.8) is 0 Å². The van der Waals surface area contributed by atoms with Gasteiger partial charge in [-0.15, -0.1) is 0 Å². The van der Waals surface area contributed by atoms with Crippen molar-refractivity contribution >= 4 is 17.5 Å². The predicted octanol–water partition coefficient (Wildman–Crippen LogP) is 2.24. The summed E-state index contributed by atoms with van der Waals surface area (Å²) in [7, 11) is 0. The molecule has 2 amide bonds. The van der Waals surface area contributed by atoms with E-state index >= 15 is 0 Å². The lowest BCUT2D eigenvalue weighted by atomic mass is 9.99. The topological polar surface area (TPSA) is 72.6 Å². The summed E-state index contributed by atoms with van der Waals surface area (Å²) in [6.07, 6.45) is 2.24. The van der Waals surface area contributed by atoms with Crippen molar-refractivity contribution in [2.75, 3.05) is 18.1 Å². The van der Waals surface area contributed by atoms with Crippen LogP contribution < -0.4 is 15.4 Å². The maximum absolute atomic E-state index is 13.1. The van der Waals surface area contributed by atoms with Crippen molar-refractivity contribution in [3.05, 3.63) is 59.7 Å². The van der Waals surface area contributed by atoms with Gasteiger partial charge < -0.3 is 15.4 Å². The molecule has 1 fully saturated rings. The van der Waals surface area contributed by atoms with Crippen LogP contribution in [0.2, 0.25) is 0 Å². The Bertz CT molecular complexity index is 827. The van der Waals surface area contributed by atoms with Crippen molar-refractivity contribution in [1.82, 2.24) is 0 Å². The Morgan fingerprint density at radius 1 is 1.08 bits per heavy atom. The van der Waals surface area contributed by atoms with Crippen LogP contribution in [0.25, 0.3) is 0 Å². The summed E-state index contributed by atoms with van der Waals surface area (Å²) in [6, 6.07) is 15.1. The van der Waals surface area contributed by atoms with Gasteiger partial charge in [0.2, 0.25) is 0 Å². The molecule has 24 heavy (non-hydrogen) atoms. The SMILES string of the molecule is NC(=O)COc1ccccc1C(=O)N1CC2(CC2)c2ccccc21. The first-order chi connectivity index (χ1) is 11.6. The molecule has 2 N–H and O–H groups in total. The highest BCUT2D eigenvalue weighted by Crippen LogP contribution is 2.56. The van der Waals surface area contributed by atoms with Crippen LogP contribution in [0.15, 0.2) is 48.5 Å². The number of nitrogens with zero attached hydrogens (tertiary/aromatic N) is 1. The number of rotatable bonds is 4. The van der Waals surface area contributed by atoms with Crippen molar-refractivity contribution in [1.29, 1.82) is 0 Å². The number of hydrogen-bond acceptors (Lipinski definition) is 3. The zero-order valence-electron chi connectivity index (χ0n) is 13.2. The number of hydrogen-bond donors (Lipinski definition) is 1. The minimum absolute atomic E-state index is 0.105. The van der Waals surface area contributed by atoms with Gasteiger partial charge >= 0.3 is 0 Å². The third-order valence-corrected chi connectivity index (χ3v) is 4.81. The Morgan fingerprint density at radius 2 is 1.79 bits per heavy atom. The Morgan fingerprint density at radius 3 is 2.54 bits per heavy atom. The summed E-state index contributed by atoms with van der Waals surface area (Å²) in [6.45, 7) is 0.458. The number of primary amides is 1. The molecule has 122 valence electrons. The molecule has 0 aromatic heterocycles. The summed E-state index contributed by atoms with van der Waals surface area (Å²) in [5, 5.41) is 0. The van der Waals surface area contributed by atoms with Gasteiger partial charge in [0.1, 0.15) is 5.75 Å². The van der Waals surface area contributed by atoms with E-state index in [9.17, 15) is 9.59 Å². The van der Waals surface area contributed by atoms with Crippen LogP contribution in [0.3, 0.4) is 0 Å². The smallest absolute Gasteiger partial charge is 0.262 e. The average molecular weight is 322 g/mol. The van der Waals surface area contributed by atoms with E-state index in [1.807, 2.05) is 23.1 Å². The van der Waals surface area contributed by atoms with E-state index in [4.69, 9.17) is 10.5 Å². The zero-order valence-corrected chi connectivity index (χ0v) is 13.2. The van der Waals surface area contributed by atoms with Gasteiger partial charge in [-0.1, -0.05) is 30.3 Å². The first-order valence-electron chi connectivity index (χ1n) is 8.02. The monoisotopic (exact) mass is 322 g/mol. The van der Waals surface area contributed by atoms with E-state index in [0.717, 1.165) is 18.5 Å². The van der Waals surface area contributed by atoms with Crippen LogP contribution in [-0.4, -0.2) is 25.0 Å². The minimum atomic E-state index is -0.569. The van der Waals surface area contributed by atoms with Gasteiger partial charge in [-0.05, 0) is 36.6 Å². The fraction of sp³-hybridized carbons (Fsp3) is 0.263.